The first-order valence-electron chi connectivity index (χ1n) is 8.97. The summed E-state index contributed by atoms with van der Waals surface area (Å²) in [4.78, 5) is 26.9. The van der Waals surface area contributed by atoms with Gasteiger partial charge in [-0.3, -0.25) is 9.59 Å². The fraction of sp³-hybridized carbons (Fsp3) is 0.300. The molecule has 1 aliphatic heterocycles. The van der Waals surface area contributed by atoms with Gasteiger partial charge in [-0.15, -0.1) is 0 Å². The topological polar surface area (TPSA) is 89.1 Å². The maximum absolute atomic E-state index is 12.3. The average Bonchev–Trinajstić information content (AvgIpc) is 2.69. The molecule has 7 nitrogen and oxygen atoms in total. The molecule has 1 saturated heterocycles. The molecule has 2 amide bonds. The zero-order chi connectivity index (χ0) is 19.2. The number of quaternary nitrogens is 1. The fourth-order valence-corrected chi connectivity index (χ4v) is 3.22. The lowest BCUT2D eigenvalue weighted by atomic mass is 10.2. The van der Waals surface area contributed by atoms with Crippen molar-refractivity contribution in [2.75, 3.05) is 50.1 Å². The molecule has 0 saturated carbocycles. The number of nitrogens with two attached hydrogens (primary N) is 1. The van der Waals surface area contributed by atoms with E-state index in [1.54, 1.807) is 31.4 Å². The van der Waals surface area contributed by atoms with E-state index in [2.05, 4.69) is 16.3 Å². The maximum Gasteiger partial charge on any atom is 0.279 e. The second kappa shape index (κ2) is 8.55. The van der Waals surface area contributed by atoms with Gasteiger partial charge < -0.3 is 25.6 Å². The van der Waals surface area contributed by atoms with Crippen LogP contribution in [0.15, 0.2) is 48.5 Å². The van der Waals surface area contributed by atoms with Gasteiger partial charge in [0.05, 0.1) is 33.3 Å². The summed E-state index contributed by atoms with van der Waals surface area (Å²) >= 11 is 0. The van der Waals surface area contributed by atoms with Crippen LogP contribution in [0.25, 0.3) is 0 Å². The quantitative estimate of drug-likeness (QED) is 0.676. The number of hydrogen-bond acceptors (Lipinski definition) is 4. The lowest BCUT2D eigenvalue weighted by Crippen LogP contribution is -3.15. The van der Waals surface area contributed by atoms with Crippen molar-refractivity contribution < 1.29 is 19.2 Å². The number of nitrogens with zero attached hydrogens (tertiary/aromatic N) is 1. The molecule has 0 unspecified atom stereocenters. The van der Waals surface area contributed by atoms with Crippen LogP contribution in [-0.2, 0) is 4.79 Å². The van der Waals surface area contributed by atoms with E-state index in [-0.39, 0.29) is 5.91 Å². The first kappa shape index (κ1) is 18.7. The van der Waals surface area contributed by atoms with Crippen molar-refractivity contribution in [3.63, 3.8) is 0 Å². The van der Waals surface area contributed by atoms with E-state index in [4.69, 9.17) is 10.5 Å². The summed E-state index contributed by atoms with van der Waals surface area (Å²) in [7, 11) is 1.67. The second-order valence-corrected chi connectivity index (χ2v) is 6.61. The Bertz CT molecular complexity index is 799. The summed E-state index contributed by atoms with van der Waals surface area (Å²) < 4.78 is 5.29. The number of piperazine rings is 1. The minimum absolute atomic E-state index is 0.0355. The van der Waals surface area contributed by atoms with E-state index in [9.17, 15) is 9.59 Å². The van der Waals surface area contributed by atoms with Crippen LogP contribution in [0.4, 0.5) is 11.4 Å². The van der Waals surface area contributed by atoms with Crippen molar-refractivity contribution in [2.24, 2.45) is 5.73 Å². The zero-order valence-electron chi connectivity index (χ0n) is 15.4. The van der Waals surface area contributed by atoms with Crippen molar-refractivity contribution in [2.45, 2.75) is 0 Å². The molecule has 0 bridgehead atoms. The van der Waals surface area contributed by atoms with Crippen LogP contribution in [0.1, 0.15) is 10.4 Å². The highest BCUT2D eigenvalue weighted by Gasteiger charge is 2.22. The Kier molecular flexibility index (Phi) is 5.93. The summed E-state index contributed by atoms with van der Waals surface area (Å²) in [5, 5.41) is 2.87. The van der Waals surface area contributed by atoms with E-state index >= 15 is 0 Å². The Balaban J connectivity index is 1.48. The number of rotatable bonds is 6. The SMILES string of the molecule is COc1cccc(N2CC[NH+](CC(=O)Nc3ccc(C(N)=O)cc3)CC2)c1. The normalized spacial score (nSPS) is 14.6. The van der Waals surface area contributed by atoms with Gasteiger partial charge >= 0.3 is 0 Å². The molecule has 1 heterocycles. The van der Waals surface area contributed by atoms with Crippen molar-refractivity contribution in [1.82, 2.24) is 0 Å². The minimum Gasteiger partial charge on any atom is -0.497 e. The zero-order valence-corrected chi connectivity index (χ0v) is 15.4. The minimum atomic E-state index is -0.480. The number of carbonyl (C=O) groups excluding carboxylic acids is 2. The van der Waals surface area contributed by atoms with Gasteiger partial charge in [0.25, 0.3) is 5.91 Å². The summed E-state index contributed by atoms with van der Waals surface area (Å²) in [5.74, 6) is 0.335. The third-order valence-corrected chi connectivity index (χ3v) is 4.75. The highest BCUT2D eigenvalue weighted by molar-refractivity contribution is 5.95. The average molecular weight is 369 g/mol. The molecule has 142 valence electrons. The monoisotopic (exact) mass is 369 g/mol. The molecule has 2 aromatic rings. The number of anilines is 2. The van der Waals surface area contributed by atoms with Crippen molar-refractivity contribution >= 4 is 23.2 Å². The molecule has 7 heteroatoms. The van der Waals surface area contributed by atoms with Gasteiger partial charge in [-0.05, 0) is 36.4 Å². The van der Waals surface area contributed by atoms with Crippen molar-refractivity contribution in [1.29, 1.82) is 0 Å². The molecule has 0 aliphatic carbocycles. The van der Waals surface area contributed by atoms with Crippen molar-refractivity contribution in [3.05, 3.63) is 54.1 Å². The standard InChI is InChI=1S/C20H24N4O3/c1-27-18-4-2-3-17(13-18)24-11-9-23(10-12-24)14-19(25)22-16-7-5-15(6-8-16)20(21)26/h2-8,13H,9-12,14H2,1H3,(H2,21,26)(H,22,25)/p+1. The van der Waals surface area contributed by atoms with E-state index < -0.39 is 5.91 Å². The van der Waals surface area contributed by atoms with Crippen LogP contribution in [0, 0.1) is 0 Å². The Morgan fingerprint density at radius 2 is 1.85 bits per heavy atom. The van der Waals surface area contributed by atoms with Crippen molar-refractivity contribution in [3.8, 4) is 5.75 Å². The van der Waals surface area contributed by atoms with E-state index in [1.807, 2.05) is 18.2 Å². The fourth-order valence-electron chi connectivity index (χ4n) is 3.22. The molecule has 1 aliphatic rings. The van der Waals surface area contributed by atoms with E-state index in [0.29, 0.717) is 17.8 Å². The van der Waals surface area contributed by atoms with Gasteiger partial charge in [-0.2, -0.15) is 0 Å². The number of benzene rings is 2. The largest absolute Gasteiger partial charge is 0.497 e. The molecular formula is C20H25N4O3+. The number of ether oxygens (including phenoxy) is 1. The lowest BCUT2D eigenvalue weighted by Gasteiger charge is -2.33. The number of hydrogen-bond donors (Lipinski definition) is 3. The molecule has 4 N–H and O–H groups in total. The summed E-state index contributed by atoms with van der Waals surface area (Å²) in [5.41, 5.74) is 7.45. The van der Waals surface area contributed by atoms with Gasteiger partial charge in [0, 0.05) is 23.0 Å². The lowest BCUT2D eigenvalue weighted by molar-refractivity contribution is -0.892. The third-order valence-electron chi connectivity index (χ3n) is 4.75. The first-order valence-corrected chi connectivity index (χ1v) is 8.97. The summed E-state index contributed by atoms with van der Waals surface area (Å²) in [6, 6.07) is 14.6. The molecule has 3 rings (SSSR count). The molecule has 2 aromatic carbocycles. The van der Waals surface area contributed by atoms with Crippen LogP contribution < -0.4 is 25.6 Å². The van der Waals surface area contributed by atoms with E-state index in [0.717, 1.165) is 37.6 Å². The number of amides is 2. The number of carbonyl (C=O) groups is 2. The van der Waals surface area contributed by atoms with Gasteiger partial charge in [0.2, 0.25) is 5.91 Å². The van der Waals surface area contributed by atoms with Crippen LogP contribution in [0.2, 0.25) is 0 Å². The first-order chi connectivity index (χ1) is 13.0. The molecule has 0 atom stereocenters. The van der Waals surface area contributed by atoms with Crippen LogP contribution in [0.3, 0.4) is 0 Å². The molecule has 0 aromatic heterocycles. The highest BCUT2D eigenvalue weighted by atomic mass is 16.5. The number of primary amides is 1. The van der Waals surface area contributed by atoms with Crippen LogP contribution >= 0.6 is 0 Å². The predicted octanol–water partition coefficient (Wildman–Crippen LogP) is 0.138. The molecule has 0 spiro atoms. The summed E-state index contributed by atoms with van der Waals surface area (Å²) in [6.45, 7) is 3.99. The predicted molar refractivity (Wildman–Crippen MR) is 104 cm³/mol. The second-order valence-electron chi connectivity index (χ2n) is 6.61. The van der Waals surface area contributed by atoms with E-state index in [1.165, 1.54) is 4.90 Å². The maximum atomic E-state index is 12.3. The van der Waals surface area contributed by atoms with Gasteiger partial charge in [-0.25, -0.2) is 0 Å². The smallest absolute Gasteiger partial charge is 0.279 e. The third kappa shape index (κ3) is 4.98. The highest BCUT2D eigenvalue weighted by Crippen LogP contribution is 2.20. The molecule has 1 fully saturated rings. The molecular weight excluding hydrogens is 344 g/mol. The Morgan fingerprint density at radius 1 is 1.15 bits per heavy atom. The van der Waals surface area contributed by atoms with Crippen LogP contribution in [-0.4, -0.2) is 51.6 Å². The van der Waals surface area contributed by atoms with Gasteiger partial charge in [-0.1, -0.05) is 6.07 Å². The number of methoxy groups -OCH3 is 1. The molecule has 0 radical (unpaired) electrons. The Labute approximate surface area is 158 Å². The Morgan fingerprint density at radius 3 is 2.48 bits per heavy atom. The van der Waals surface area contributed by atoms with Crippen LogP contribution in [0.5, 0.6) is 5.75 Å². The molecule has 27 heavy (non-hydrogen) atoms. The number of nitrogens with one attached hydrogen (secondary N) is 2. The summed E-state index contributed by atoms with van der Waals surface area (Å²) in [6.07, 6.45) is 0. The Hall–Kier alpha value is -3.06. The van der Waals surface area contributed by atoms with Gasteiger partial charge in [0.1, 0.15) is 5.75 Å². The van der Waals surface area contributed by atoms with Gasteiger partial charge in [0.15, 0.2) is 6.54 Å².